The molecular weight excluding hydrogens is 326 g/mol. The summed E-state index contributed by atoms with van der Waals surface area (Å²) in [4.78, 5) is 18.3. The quantitative estimate of drug-likeness (QED) is 0.823. The van der Waals surface area contributed by atoms with E-state index in [9.17, 15) is 13.2 Å². The Kier molecular flexibility index (Phi) is 4.45. The first-order chi connectivity index (χ1) is 11.4. The van der Waals surface area contributed by atoms with Crippen LogP contribution in [-0.2, 0) is 21.7 Å². The van der Waals surface area contributed by atoms with E-state index in [0.717, 1.165) is 5.56 Å². The highest BCUT2D eigenvalue weighted by atomic mass is 32.2. The number of rotatable bonds is 5. The van der Waals surface area contributed by atoms with E-state index in [2.05, 4.69) is 4.98 Å². The standard InChI is InChI=1S/C17H21N3O3S/c1-3-15(13-7-5-4-6-8-13)16(21)20-11-14(12-20)24(22,23)17-18-9-10-19(17)2/h4-10,14-15H,3,11-12H2,1-2H3/t15-/m1/s1. The zero-order valence-electron chi connectivity index (χ0n) is 13.8. The molecule has 0 aliphatic carbocycles. The normalized spacial score (nSPS) is 16.7. The Balaban J connectivity index is 1.70. The Hall–Kier alpha value is -2.15. The van der Waals surface area contributed by atoms with Crippen molar-refractivity contribution in [3.8, 4) is 0 Å². The maximum atomic E-state index is 12.7. The third-order valence-electron chi connectivity index (χ3n) is 4.54. The third kappa shape index (κ3) is 2.84. The van der Waals surface area contributed by atoms with E-state index in [-0.39, 0.29) is 30.1 Å². The maximum absolute atomic E-state index is 12.7. The summed E-state index contributed by atoms with van der Waals surface area (Å²) in [6.45, 7) is 2.44. The van der Waals surface area contributed by atoms with E-state index in [1.54, 1.807) is 18.1 Å². The molecule has 2 heterocycles. The summed E-state index contributed by atoms with van der Waals surface area (Å²) in [5.41, 5.74) is 0.973. The van der Waals surface area contributed by atoms with Gasteiger partial charge >= 0.3 is 0 Å². The SMILES string of the molecule is CC[C@@H](C(=O)N1CC(S(=O)(=O)c2nccn2C)C1)c1ccccc1. The minimum atomic E-state index is -3.50. The fraction of sp³-hybridized carbons (Fsp3) is 0.412. The molecule has 1 aliphatic rings. The second kappa shape index (κ2) is 6.39. The minimum absolute atomic E-state index is 0.00464. The Morgan fingerprint density at radius 2 is 1.96 bits per heavy atom. The number of nitrogens with zero attached hydrogens (tertiary/aromatic N) is 3. The highest BCUT2D eigenvalue weighted by Gasteiger charge is 2.43. The number of carbonyl (C=O) groups excluding carboxylic acids is 1. The predicted molar refractivity (Wildman–Crippen MR) is 90.2 cm³/mol. The van der Waals surface area contributed by atoms with Crippen molar-refractivity contribution >= 4 is 15.7 Å². The summed E-state index contributed by atoms with van der Waals surface area (Å²) in [5.74, 6) is -0.224. The van der Waals surface area contributed by atoms with E-state index < -0.39 is 15.1 Å². The summed E-state index contributed by atoms with van der Waals surface area (Å²) in [6, 6.07) is 9.62. The number of sulfone groups is 1. The number of hydrogen-bond donors (Lipinski definition) is 0. The zero-order chi connectivity index (χ0) is 17.3. The van der Waals surface area contributed by atoms with E-state index >= 15 is 0 Å². The number of likely N-dealkylation sites (tertiary alicyclic amines) is 1. The minimum Gasteiger partial charge on any atom is -0.339 e. The van der Waals surface area contributed by atoms with Gasteiger partial charge in [0.25, 0.3) is 0 Å². The molecule has 0 bridgehead atoms. The molecule has 7 heteroatoms. The molecule has 1 aromatic carbocycles. The first-order valence-corrected chi connectivity index (χ1v) is 9.54. The number of imidazole rings is 1. The average molecular weight is 347 g/mol. The van der Waals surface area contributed by atoms with Crippen LogP contribution in [0.4, 0.5) is 0 Å². The smallest absolute Gasteiger partial charge is 0.230 e. The Bertz CT molecular complexity index is 824. The number of aromatic nitrogens is 2. The molecule has 1 aromatic heterocycles. The summed E-state index contributed by atoms with van der Waals surface area (Å²) >= 11 is 0. The molecule has 6 nitrogen and oxygen atoms in total. The van der Waals surface area contributed by atoms with Gasteiger partial charge in [-0.1, -0.05) is 37.3 Å². The monoisotopic (exact) mass is 347 g/mol. The topological polar surface area (TPSA) is 72.3 Å². The molecule has 2 aromatic rings. The molecule has 24 heavy (non-hydrogen) atoms. The second-order valence-electron chi connectivity index (χ2n) is 6.10. The van der Waals surface area contributed by atoms with Crippen LogP contribution in [0, 0.1) is 0 Å². The van der Waals surface area contributed by atoms with Gasteiger partial charge in [-0.25, -0.2) is 13.4 Å². The van der Waals surface area contributed by atoms with Crippen LogP contribution < -0.4 is 0 Å². The number of carbonyl (C=O) groups is 1. The van der Waals surface area contributed by atoms with Gasteiger partial charge in [-0.15, -0.1) is 0 Å². The van der Waals surface area contributed by atoms with Gasteiger partial charge in [-0.3, -0.25) is 4.79 Å². The molecule has 1 amide bonds. The van der Waals surface area contributed by atoms with Crippen molar-refractivity contribution in [3.05, 3.63) is 48.3 Å². The van der Waals surface area contributed by atoms with Crippen LogP contribution >= 0.6 is 0 Å². The van der Waals surface area contributed by atoms with Gasteiger partial charge in [0.15, 0.2) is 0 Å². The lowest BCUT2D eigenvalue weighted by Crippen LogP contribution is -2.58. The van der Waals surface area contributed by atoms with Gasteiger partial charge in [0.1, 0.15) is 5.25 Å². The number of hydrogen-bond acceptors (Lipinski definition) is 4. The Morgan fingerprint density at radius 3 is 2.50 bits per heavy atom. The lowest BCUT2D eigenvalue weighted by molar-refractivity contribution is -0.136. The molecule has 1 fully saturated rings. The first-order valence-electron chi connectivity index (χ1n) is 8.00. The second-order valence-corrected chi connectivity index (χ2v) is 8.22. The predicted octanol–water partition coefficient (Wildman–Crippen LogP) is 1.60. The van der Waals surface area contributed by atoms with Crippen LogP contribution in [0.3, 0.4) is 0 Å². The van der Waals surface area contributed by atoms with E-state index in [4.69, 9.17) is 0 Å². The summed E-state index contributed by atoms with van der Waals surface area (Å²) in [6.07, 6.45) is 3.77. The molecule has 0 N–H and O–H groups in total. The molecule has 128 valence electrons. The molecule has 0 unspecified atom stereocenters. The number of aryl methyl sites for hydroxylation is 1. The van der Waals surface area contributed by atoms with E-state index in [1.807, 2.05) is 37.3 Å². The van der Waals surface area contributed by atoms with Crippen LogP contribution in [0.1, 0.15) is 24.8 Å². The van der Waals surface area contributed by atoms with Crippen LogP contribution in [-0.4, -0.2) is 47.1 Å². The number of benzene rings is 1. The fourth-order valence-electron chi connectivity index (χ4n) is 3.05. The molecule has 0 radical (unpaired) electrons. The lowest BCUT2D eigenvalue weighted by Gasteiger charge is -2.40. The maximum Gasteiger partial charge on any atom is 0.230 e. The van der Waals surface area contributed by atoms with Gasteiger partial charge in [0.2, 0.25) is 20.9 Å². The highest BCUT2D eigenvalue weighted by molar-refractivity contribution is 7.92. The van der Waals surface area contributed by atoms with Gasteiger partial charge in [-0.2, -0.15) is 0 Å². The van der Waals surface area contributed by atoms with Crippen LogP contribution in [0.25, 0.3) is 0 Å². The van der Waals surface area contributed by atoms with Crippen molar-refractivity contribution < 1.29 is 13.2 Å². The molecule has 1 aliphatic heterocycles. The molecule has 3 rings (SSSR count). The van der Waals surface area contributed by atoms with Crippen molar-refractivity contribution in [1.82, 2.24) is 14.5 Å². The van der Waals surface area contributed by atoms with Crippen molar-refractivity contribution in [1.29, 1.82) is 0 Å². The summed E-state index contributed by atoms with van der Waals surface area (Å²) < 4.78 is 26.6. The fourth-order valence-corrected chi connectivity index (χ4v) is 4.77. The van der Waals surface area contributed by atoms with Crippen LogP contribution in [0.5, 0.6) is 0 Å². The third-order valence-corrected chi connectivity index (χ3v) is 6.62. The van der Waals surface area contributed by atoms with Crippen molar-refractivity contribution in [2.75, 3.05) is 13.1 Å². The van der Waals surface area contributed by atoms with Gasteiger partial charge in [0, 0.05) is 32.5 Å². The lowest BCUT2D eigenvalue weighted by atomic mass is 9.94. The molecule has 0 saturated carbocycles. The van der Waals surface area contributed by atoms with E-state index in [1.165, 1.54) is 10.8 Å². The van der Waals surface area contributed by atoms with E-state index in [0.29, 0.717) is 6.42 Å². The van der Waals surface area contributed by atoms with Gasteiger partial charge in [0.05, 0.1) is 5.92 Å². The molecule has 1 atom stereocenters. The van der Waals surface area contributed by atoms with Crippen molar-refractivity contribution in [2.24, 2.45) is 7.05 Å². The average Bonchev–Trinajstić information content (AvgIpc) is 2.94. The van der Waals surface area contributed by atoms with Gasteiger partial charge < -0.3 is 9.47 Å². The molecule has 0 spiro atoms. The van der Waals surface area contributed by atoms with Crippen LogP contribution in [0.15, 0.2) is 47.9 Å². The molecule has 1 saturated heterocycles. The molecular formula is C17H21N3O3S. The summed E-state index contributed by atoms with van der Waals surface area (Å²) in [7, 11) is -1.84. The largest absolute Gasteiger partial charge is 0.339 e. The van der Waals surface area contributed by atoms with Crippen molar-refractivity contribution in [3.63, 3.8) is 0 Å². The van der Waals surface area contributed by atoms with Gasteiger partial charge in [-0.05, 0) is 12.0 Å². The Labute approximate surface area is 142 Å². The number of amides is 1. The summed E-state index contributed by atoms with van der Waals surface area (Å²) in [5, 5.41) is -0.509. The first kappa shape index (κ1) is 16.7. The van der Waals surface area contributed by atoms with Crippen molar-refractivity contribution in [2.45, 2.75) is 29.7 Å². The Morgan fingerprint density at radius 1 is 1.29 bits per heavy atom. The zero-order valence-corrected chi connectivity index (χ0v) is 14.6. The highest BCUT2D eigenvalue weighted by Crippen LogP contribution is 2.28. The van der Waals surface area contributed by atoms with Crippen LogP contribution in [0.2, 0.25) is 0 Å².